The summed E-state index contributed by atoms with van der Waals surface area (Å²) in [6, 6.07) is 0. The number of ether oxygens (including phenoxy) is 3. The van der Waals surface area contributed by atoms with Gasteiger partial charge in [-0.25, -0.2) is 0 Å². The molecule has 73 heavy (non-hydrogen) atoms. The zero-order valence-electron chi connectivity index (χ0n) is 48.7. The van der Waals surface area contributed by atoms with Crippen LogP contribution in [0.25, 0.3) is 0 Å². The molecule has 1 atom stereocenters. The summed E-state index contributed by atoms with van der Waals surface area (Å²) >= 11 is 0. The maximum absolute atomic E-state index is 12.9. The van der Waals surface area contributed by atoms with E-state index in [2.05, 4.69) is 81.5 Å². The lowest BCUT2D eigenvalue weighted by atomic mass is 10.0. The Morgan fingerprint density at radius 1 is 0.288 bits per heavy atom. The molecule has 0 rings (SSSR count). The van der Waals surface area contributed by atoms with E-state index in [9.17, 15) is 14.4 Å². The van der Waals surface area contributed by atoms with E-state index < -0.39 is 6.10 Å². The van der Waals surface area contributed by atoms with Gasteiger partial charge in [0.1, 0.15) is 13.2 Å². The number of carbonyl (C=O) groups excluding carboxylic acids is 3. The molecule has 0 aromatic heterocycles. The van der Waals surface area contributed by atoms with Crippen molar-refractivity contribution in [1.29, 1.82) is 0 Å². The van der Waals surface area contributed by atoms with E-state index in [1.807, 2.05) is 0 Å². The van der Waals surface area contributed by atoms with Crippen molar-refractivity contribution in [3.05, 3.63) is 60.8 Å². The van der Waals surface area contributed by atoms with E-state index >= 15 is 0 Å². The highest BCUT2D eigenvalue weighted by atomic mass is 16.6. The lowest BCUT2D eigenvalue weighted by molar-refractivity contribution is -0.167. The lowest BCUT2D eigenvalue weighted by Crippen LogP contribution is -2.30. The van der Waals surface area contributed by atoms with Crippen molar-refractivity contribution in [3.8, 4) is 0 Å². The highest BCUT2D eigenvalue weighted by Gasteiger charge is 2.19. The van der Waals surface area contributed by atoms with Crippen LogP contribution in [0.2, 0.25) is 0 Å². The third-order valence-electron chi connectivity index (χ3n) is 14.0. The molecule has 0 spiro atoms. The Kier molecular flexibility index (Phi) is 59.2. The second-order valence-electron chi connectivity index (χ2n) is 21.3. The minimum atomic E-state index is -0.786. The van der Waals surface area contributed by atoms with Gasteiger partial charge in [0.2, 0.25) is 0 Å². The Hall–Kier alpha value is -2.89. The summed E-state index contributed by atoms with van der Waals surface area (Å²) in [7, 11) is 0. The molecule has 0 aromatic rings. The summed E-state index contributed by atoms with van der Waals surface area (Å²) in [4.78, 5) is 38.3. The Morgan fingerprint density at radius 2 is 0.534 bits per heavy atom. The van der Waals surface area contributed by atoms with Gasteiger partial charge in [0, 0.05) is 19.3 Å². The first kappa shape index (κ1) is 70.1. The Balaban J connectivity index is 4.39. The molecule has 0 N–H and O–H groups in total. The van der Waals surface area contributed by atoms with Gasteiger partial charge in [-0.15, -0.1) is 0 Å². The van der Waals surface area contributed by atoms with Gasteiger partial charge >= 0.3 is 17.9 Å². The molecule has 0 aliphatic carbocycles. The van der Waals surface area contributed by atoms with Gasteiger partial charge < -0.3 is 14.2 Å². The van der Waals surface area contributed by atoms with Crippen molar-refractivity contribution in [2.24, 2.45) is 0 Å². The SMILES string of the molecule is CC/C=C\C/C=C\C/C=C\C/C=C\C/C=C\CCCCCC(=O)OC[C@H](COC(=O)CCCCCCCCCCCCCCCCCCC)OC(=O)CCCCCCCCCCCCCCCCCCCCC. The van der Waals surface area contributed by atoms with Gasteiger partial charge in [0.15, 0.2) is 6.10 Å². The molecule has 0 amide bonds. The molecule has 0 saturated heterocycles. The van der Waals surface area contributed by atoms with Crippen LogP contribution in [0.5, 0.6) is 0 Å². The van der Waals surface area contributed by atoms with Crippen LogP contribution in [0, 0.1) is 0 Å². The van der Waals surface area contributed by atoms with Crippen LogP contribution < -0.4 is 0 Å². The fourth-order valence-corrected chi connectivity index (χ4v) is 9.30. The summed E-state index contributed by atoms with van der Waals surface area (Å²) in [5.41, 5.74) is 0. The summed E-state index contributed by atoms with van der Waals surface area (Å²) < 4.78 is 16.9. The van der Waals surface area contributed by atoms with Crippen molar-refractivity contribution in [2.75, 3.05) is 13.2 Å². The van der Waals surface area contributed by atoms with E-state index in [-0.39, 0.29) is 31.1 Å². The van der Waals surface area contributed by atoms with E-state index in [1.165, 1.54) is 193 Å². The first-order valence-electron chi connectivity index (χ1n) is 31.8. The number of hydrogen-bond donors (Lipinski definition) is 0. The Bertz CT molecular complexity index is 1310. The fraction of sp³-hybridized carbons (Fsp3) is 0.806. The van der Waals surface area contributed by atoms with Gasteiger partial charge in [-0.05, 0) is 64.2 Å². The van der Waals surface area contributed by atoms with Crippen molar-refractivity contribution < 1.29 is 28.6 Å². The molecule has 424 valence electrons. The molecule has 0 fully saturated rings. The standard InChI is InChI=1S/C67H120O6/c1-4-7-10-13-16-19-22-25-28-31-33-36-39-42-45-48-51-54-57-60-66(69)72-63-64(62-71-65(68)59-56-53-50-47-44-41-38-35-30-27-24-21-18-15-12-9-6-3)73-67(70)61-58-55-52-49-46-43-40-37-34-32-29-26-23-20-17-14-11-8-5-2/h7,10,16,19,25,28,33,36,42,45,64H,4-6,8-9,11-15,17-18,20-24,26-27,29-32,34-35,37-41,43-44,46-63H2,1-3H3/b10-7-,19-16-,28-25-,36-33-,45-42-/t64-/m0/s1. The molecule has 0 unspecified atom stereocenters. The summed E-state index contributed by atoms with van der Waals surface area (Å²) in [5, 5.41) is 0. The second-order valence-corrected chi connectivity index (χ2v) is 21.3. The number of allylic oxidation sites excluding steroid dienone is 10. The normalized spacial score (nSPS) is 12.4. The number of unbranched alkanes of at least 4 members (excludes halogenated alkanes) is 37. The van der Waals surface area contributed by atoms with Crippen molar-refractivity contribution in [3.63, 3.8) is 0 Å². The Morgan fingerprint density at radius 3 is 0.836 bits per heavy atom. The van der Waals surface area contributed by atoms with E-state index in [0.29, 0.717) is 19.3 Å². The Labute approximate surface area is 453 Å². The van der Waals surface area contributed by atoms with Crippen molar-refractivity contribution in [1.82, 2.24) is 0 Å². The van der Waals surface area contributed by atoms with Crippen LogP contribution in [0.15, 0.2) is 60.8 Å². The van der Waals surface area contributed by atoms with E-state index in [1.54, 1.807) is 0 Å². The molecular weight excluding hydrogens is 901 g/mol. The maximum atomic E-state index is 12.9. The average molecular weight is 1020 g/mol. The number of rotatable bonds is 58. The van der Waals surface area contributed by atoms with Gasteiger partial charge in [-0.1, -0.05) is 306 Å². The highest BCUT2D eigenvalue weighted by Crippen LogP contribution is 2.17. The van der Waals surface area contributed by atoms with Crippen LogP contribution in [-0.2, 0) is 28.6 Å². The molecule has 0 heterocycles. The minimum Gasteiger partial charge on any atom is -0.462 e. The number of carbonyl (C=O) groups is 3. The van der Waals surface area contributed by atoms with E-state index in [0.717, 1.165) is 96.3 Å². The monoisotopic (exact) mass is 1020 g/mol. The molecule has 0 bridgehead atoms. The van der Waals surface area contributed by atoms with Gasteiger partial charge in [-0.2, -0.15) is 0 Å². The van der Waals surface area contributed by atoms with Gasteiger partial charge in [0.25, 0.3) is 0 Å². The first-order valence-corrected chi connectivity index (χ1v) is 31.8. The average Bonchev–Trinajstić information content (AvgIpc) is 3.39. The number of hydrogen-bond acceptors (Lipinski definition) is 6. The molecule has 0 aliphatic rings. The third kappa shape index (κ3) is 59.9. The first-order chi connectivity index (χ1) is 36.0. The molecular formula is C67H120O6. The highest BCUT2D eigenvalue weighted by molar-refractivity contribution is 5.71. The van der Waals surface area contributed by atoms with Gasteiger partial charge in [0.05, 0.1) is 0 Å². The van der Waals surface area contributed by atoms with Crippen molar-refractivity contribution in [2.45, 2.75) is 335 Å². The largest absolute Gasteiger partial charge is 0.462 e. The third-order valence-corrected chi connectivity index (χ3v) is 14.0. The van der Waals surface area contributed by atoms with Crippen LogP contribution >= 0.6 is 0 Å². The molecule has 0 aromatic carbocycles. The summed E-state index contributed by atoms with van der Waals surface area (Å²) in [6.07, 6.45) is 77.9. The molecule has 0 radical (unpaired) electrons. The molecule has 6 heteroatoms. The minimum absolute atomic E-state index is 0.0801. The number of esters is 3. The quantitative estimate of drug-likeness (QED) is 0.0261. The predicted molar refractivity (Wildman–Crippen MR) is 316 cm³/mol. The fourth-order valence-electron chi connectivity index (χ4n) is 9.30. The smallest absolute Gasteiger partial charge is 0.306 e. The van der Waals surface area contributed by atoms with Crippen LogP contribution in [0.3, 0.4) is 0 Å². The van der Waals surface area contributed by atoms with Crippen molar-refractivity contribution >= 4 is 17.9 Å². The zero-order valence-corrected chi connectivity index (χ0v) is 48.7. The van der Waals surface area contributed by atoms with E-state index in [4.69, 9.17) is 14.2 Å². The molecule has 0 saturated carbocycles. The predicted octanol–water partition coefficient (Wildman–Crippen LogP) is 21.6. The second kappa shape index (κ2) is 61.7. The summed E-state index contributed by atoms with van der Waals surface area (Å²) in [6.45, 7) is 6.56. The maximum Gasteiger partial charge on any atom is 0.306 e. The lowest BCUT2D eigenvalue weighted by Gasteiger charge is -2.18. The topological polar surface area (TPSA) is 78.9 Å². The molecule has 6 nitrogen and oxygen atoms in total. The summed E-state index contributed by atoms with van der Waals surface area (Å²) in [5.74, 6) is -0.892. The molecule has 0 aliphatic heterocycles. The van der Waals surface area contributed by atoms with Crippen LogP contribution in [0.4, 0.5) is 0 Å². The van der Waals surface area contributed by atoms with Gasteiger partial charge in [-0.3, -0.25) is 14.4 Å². The van der Waals surface area contributed by atoms with Crippen LogP contribution in [0.1, 0.15) is 329 Å². The zero-order chi connectivity index (χ0) is 52.9. The van der Waals surface area contributed by atoms with Crippen LogP contribution in [-0.4, -0.2) is 37.2 Å².